The fourth-order valence-electron chi connectivity index (χ4n) is 3.94. The Hall–Kier alpha value is -3.99. The van der Waals surface area contributed by atoms with Gasteiger partial charge >= 0.3 is 0 Å². The Morgan fingerprint density at radius 1 is 0.903 bits per heavy atom. The molecule has 4 rings (SSSR count). The van der Waals surface area contributed by atoms with Crippen LogP contribution >= 0.6 is 0 Å². The molecule has 1 amide bonds. The van der Waals surface area contributed by atoms with Crippen LogP contribution in [0.3, 0.4) is 0 Å². The van der Waals surface area contributed by atoms with Gasteiger partial charge in [0.15, 0.2) is 0 Å². The number of methoxy groups -OCH3 is 1. The number of primary amides is 1. The zero-order valence-electron chi connectivity index (χ0n) is 17.2. The second-order valence-corrected chi connectivity index (χ2v) is 7.23. The number of ether oxygens (including phenoxy) is 1. The maximum atomic E-state index is 12.1. The number of nitrogens with zero attached hydrogens (tertiary/aromatic N) is 2. The van der Waals surface area contributed by atoms with Crippen LogP contribution in [0.1, 0.15) is 33.0 Å². The van der Waals surface area contributed by atoms with Crippen LogP contribution in [-0.2, 0) is 6.42 Å². The van der Waals surface area contributed by atoms with E-state index in [4.69, 9.17) is 10.5 Å². The van der Waals surface area contributed by atoms with E-state index in [-0.39, 0.29) is 5.92 Å². The lowest BCUT2D eigenvalue weighted by atomic mass is 9.83. The molecule has 5 heteroatoms. The molecule has 0 aliphatic heterocycles. The van der Waals surface area contributed by atoms with E-state index in [1.54, 1.807) is 25.6 Å². The van der Waals surface area contributed by atoms with Gasteiger partial charge in [0.25, 0.3) is 5.91 Å². The third-order valence-corrected chi connectivity index (χ3v) is 5.40. The van der Waals surface area contributed by atoms with Gasteiger partial charge in [0.1, 0.15) is 5.75 Å². The normalized spacial score (nSPS) is 10.8. The smallest absolute Gasteiger partial charge is 0.252 e. The summed E-state index contributed by atoms with van der Waals surface area (Å²) in [6.45, 7) is 0. The monoisotopic (exact) mass is 409 g/mol. The minimum atomic E-state index is -0.517. The predicted molar refractivity (Wildman–Crippen MR) is 121 cm³/mol. The molecule has 0 saturated heterocycles. The van der Waals surface area contributed by atoms with Gasteiger partial charge in [0.2, 0.25) is 0 Å². The Balaban J connectivity index is 1.92. The Morgan fingerprint density at radius 3 is 2.06 bits per heavy atom. The van der Waals surface area contributed by atoms with Gasteiger partial charge in [0.05, 0.1) is 12.7 Å². The van der Waals surface area contributed by atoms with Crippen molar-refractivity contribution in [2.24, 2.45) is 5.73 Å². The van der Waals surface area contributed by atoms with Crippen molar-refractivity contribution < 1.29 is 9.53 Å². The summed E-state index contributed by atoms with van der Waals surface area (Å²) in [5.41, 5.74) is 11.1. The molecule has 0 radical (unpaired) electrons. The SMILES string of the molecule is COc1c(C(N)=O)ccc(-c2ccccc2)c1CC(c1cccnc1)c1cccnc1. The minimum Gasteiger partial charge on any atom is -0.496 e. The molecule has 0 aliphatic carbocycles. The first kappa shape index (κ1) is 20.3. The summed E-state index contributed by atoms with van der Waals surface area (Å²) in [5.74, 6) is -0.0365. The van der Waals surface area contributed by atoms with E-state index < -0.39 is 5.91 Å². The Kier molecular flexibility index (Phi) is 6.03. The molecule has 0 fully saturated rings. The first-order chi connectivity index (χ1) is 15.2. The topological polar surface area (TPSA) is 78.1 Å². The molecule has 2 aromatic carbocycles. The highest BCUT2D eigenvalue weighted by Gasteiger charge is 2.24. The van der Waals surface area contributed by atoms with Gasteiger partial charge in [-0.3, -0.25) is 14.8 Å². The van der Waals surface area contributed by atoms with Gasteiger partial charge in [-0.25, -0.2) is 0 Å². The largest absolute Gasteiger partial charge is 0.496 e. The molecule has 0 bridgehead atoms. The number of carbonyl (C=O) groups excluding carboxylic acids is 1. The molecule has 2 N–H and O–H groups in total. The summed E-state index contributed by atoms with van der Waals surface area (Å²) < 4.78 is 5.74. The molecule has 0 saturated carbocycles. The first-order valence-electron chi connectivity index (χ1n) is 10.0. The Labute approximate surface area is 181 Å². The van der Waals surface area contributed by atoms with Crippen LogP contribution in [0, 0.1) is 0 Å². The van der Waals surface area contributed by atoms with Crippen LogP contribution in [0.4, 0.5) is 0 Å². The number of hydrogen-bond donors (Lipinski definition) is 1. The number of carbonyl (C=O) groups is 1. The lowest BCUT2D eigenvalue weighted by molar-refractivity contribution is 0.0997. The molecule has 0 aliphatic rings. The molecule has 31 heavy (non-hydrogen) atoms. The number of rotatable bonds is 7. The van der Waals surface area contributed by atoms with Crippen LogP contribution in [0.15, 0.2) is 91.5 Å². The second kappa shape index (κ2) is 9.22. The van der Waals surface area contributed by atoms with Crippen molar-refractivity contribution in [1.82, 2.24) is 9.97 Å². The van der Waals surface area contributed by atoms with Gasteiger partial charge in [-0.1, -0.05) is 48.5 Å². The molecule has 2 aromatic heterocycles. The summed E-state index contributed by atoms with van der Waals surface area (Å²) in [6, 6.07) is 21.7. The maximum Gasteiger partial charge on any atom is 0.252 e. The van der Waals surface area contributed by atoms with Crippen molar-refractivity contribution in [3.8, 4) is 16.9 Å². The lowest BCUT2D eigenvalue weighted by Crippen LogP contribution is -2.15. The highest BCUT2D eigenvalue weighted by Crippen LogP contribution is 2.39. The van der Waals surface area contributed by atoms with Gasteiger partial charge in [-0.2, -0.15) is 0 Å². The molecule has 4 aromatic rings. The maximum absolute atomic E-state index is 12.1. The molecular formula is C26H23N3O2. The van der Waals surface area contributed by atoms with Crippen molar-refractivity contribution in [1.29, 1.82) is 0 Å². The molecular weight excluding hydrogens is 386 g/mol. The summed E-state index contributed by atoms with van der Waals surface area (Å²) in [5, 5.41) is 0. The van der Waals surface area contributed by atoms with Gasteiger partial charge < -0.3 is 10.5 Å². The van der Waals surface area contributed by atoms with Crippen molar-refractivity contribution in [2.75, 3.05) is 7.11 Å². The van der Waals surface area contributed by atoms with E-state index in [0.717, 1.165) is 27.8 Å². The lowest BCUT2D eigenvalue weighted by Gasteiger charge is -2.22. The standard InChI is InChI=1S/C26H23N3O2/c1-31-25-22(26(27)30)12-11-21(18-7-3-2-4-8-18)24(25)15-23(19-9-5-13-28-16-19)20-10-6-14-29-17-20/h2-14,16-17,23H,15H2,1H3,(H2,27,30). The van der Waals surface area contributed by atoms with Crippen LogP contribution in [-0.4, -0.2) is 23.0 Å². The van der Waals surface area contributed by atoms with E-state index in [1.807, 2.05) is 60.9 Å². The van der Waals surface area contributed by atoms with Gasteiger partial charge in [-0.05, 0) is 46.9 Å². The second-order valence-electron chi connectivity index (χ2n) is 7.23. The third-order valence-electron chi connectivity index (χ3n) is 5.40. The number of nitrogens with two attached hydrogens (primary N) is 1. The zero-order valence-corrected chi connectivity index (χ0v) is 17.2. The van der Waals surface area contributed by atoms with Gasteiger partial charge in [-0.15, -0.1) is 0 Å². The fourth-order valence-corrected chi connectivity index (χ4v) is 3.94. The van der Waals surface area contributed by atoms with Crippen LogP contribution in [0.25, 0.3) is 11.1 Å². The minimum absolute atomic E-state index is 0.0260. The number of aromatic nitrogens is 2. The predicted octanol–water partition coefficient (Wildman–Crippen LogP) is 4.63. The average Bonchev–Trinajstić information content (AvgIpc) is 2.83. The van der Waals surface area contributed by atoms with Crippen LogP contribution in [0.2, 0.25) is 0 Å². The van der Waals surface area contributed by atoms with E-state index in [1.165, 1.54) is 0 Å². The quantitative estimate of drug-likeness (QED) is 0.483. The van der Waals surface area contributed by atoms with Crippen molar-refractivity contribution >= 4 is 5.91 Å². The molecule has 5 nitrogen and oxygen atoms in total. The average molecular weight is 409 g/mol. The number of amides is 1. The van der Waals surface area contributed by atoms with E-state index in [0.29, 0.717) is 17.7 Å². The summed E-state index contributed by atoms with van der Waals surface area (Å²) in [4.78, 5) is 20.8. The molecule has 2 heterocycles. The number of pyridine rings is 2. The van der Waals surface area contributed by atoms with Crippen molar-refractivity contribution in [2.45, 2.75) is 12.3 Å². The third kappa shape index (κ3) is 4.31. The van der Waals surface area contributed by atoms with Crippen molar-refractivity contribution in [3.63, 3.8) is 0 Å². The van der Waals surface area contributed by atoms with Crippen LogP contribution in [0.5, 0.6) is 5.75 Å². The summed E-state index contributed by atoms with van der Waals surface area (Å²) >= 11 is 0. The van der Waals surface area contributed by atoms with Crippen LogP contribution < -0.4 is 10.5 Å². The Bertz CT molecular complexity index is 1120. The first-order valence-corrected chi connectivity index (χ1v) is 10.0. The van der Waals surface area contributed by atoms with Gasteiger partial charge in [0, 0.05) is 36.3 Å². The molecule has 0 spiro atoms. The highest BCUT2D eigenvalue weighted by molar-refractivity contribution is 5.97. The number of benzene rings is 2. The van der Waals surface area contributed by atoms with E-state index >= 15 is 0 Å². The summed E-state index contributed by atoms with van der Waals surface area (Å²) in [7, 11) is 1.57. The van der Waals surface area contributed by atoms with Crippen molar-refractivity contribution in [3.05, 3.63) is 114 Å². The summed E-state index contributed by atoms with van der Waals surface area (Å²) in [6.07, 6.45) is 7.83. The highest BCUT2D eigenvalue weighted by atomic mass is 16.5. The Morgan fingerprint density at radius 2 is 1.55 bits per heavy atom. The molecule has 0 atom stereocenters. The fraction of sp³-hybridized carbons (Fsp3) is 0.115. The van der Waals surface area contributed by atoms with E-state index in [2.05, 4.69) is 22.1 Å². The zero-order chi connectivity index (χ0) is 21.6. The van der Waals surface area contributed by atoms with E-state index in [9.17, 15) is 4.79 Å². The molecule has 154 valence electrons. The number of hydrogen-bond acceptors (Lipinski definition) is 4. The molecule has 0 unspecified atom stereocenters.